The van der Waals surface area contributed by atoms with Crippen molar-refractivity contribution in [2.45, 2.75) is 25.8 Å². The number of hydrogen-bond donors (Lipinski definition) is 0. The van der Waals surface area contributed by atoms with Gasteiger partial charge in [0.25, 0.3) is 10.0 Å². The lowest BCUT2D eigenvalue weighted by atomic mass is 10.3. The minimum absolute atomic E-state index is 0.325. The molecule has 1 heterocycles. The van der Waals surface area contributed by atoms with Crippen molar-refractivity contribution in [3.8, 4) is 0 Å². The predicted octanol–water partition coefficient (Wildman–Crippen LogP) is 0.0526. The molecular formula is C4H12O2Si2. The Bertz CT molecular complexity index is 84.5. The first-order valence-electron chi connectivity index (χ1n) is 2.84. The van der Waals surface area contributed by atoms with Crippen LogP contribution in [0.1, 0.15) is 20.8 Å². The fourth-order valence-electron chi connectivity index (χ4n) is 0.636. The van der Waals surface area contributed by atoms with Crippen molar-refractivity contribution in [3.63, 3.8) is 0 Å². The highest BCUT2D eigenvalue weighted by atomic mass is 28.4. The van der Waals surface area contributed by atoms with Gasteiger partial charge in [0, 0.05) is 5.04 Å². The van der Waals surface area contributed by atoms with E-state index in [1.807, 2.05) is 0 Å². The lowest BCUT2D eigenvalue weighted by molar-refractivity contribution is 0.280. The molecule has 0 aliphatic carbocycles. The maximum Gasteiger partial charge on any atom is 0.308 e. The van der Waals surface area contributed by atoms with Crippen molar-refractivity contribution in [1.29, 1.82) is 0 Å². The number of rotatable bonds is 0. The van der Waals surface area contributed by atoms with E-state index in [9.17, 15) is 0 Å². The molecule has 1 aliphatic rings. The Balaban J connectivity index is 2.34. The van der Waals surface area contributed by atoms with Crippen LogP contribution in [0.4, 0.5) is 0 Å². The third kappa shape index (κ3) is 1.19. The van der Waals surface area contributed by atoms with Gasteiger partial charge in [0.15, 0.2) is 0 Å². The molecule has 0 N–H and O–H groups in total. The van der Waals surface area contributed by atoms with E-state index in [4.69, 9.17) is 8.23 Å². The molecule has 0 atom stereocenters. The van der Waals surface area contributed by atoms with Crippen LogP contribution in [0.3, 0.4) is 0 Å². The summed E-state index contributed by atoms with van der Waals surface area (Å²) in [5, 5.41) is 0.325. The van der Waals surface area contributed by atoms with Gasteiger partial charge in [0.05, 0.1) is 0 Å². The molecule has 0 aromatic carbocycles. The second kappa shape index (κ2) is 1.95. The van der Waals surface area contributed by atoms with E-state index in [2.05, 4.69) is 20.8 Å². The zero-order valence-corrected chi connectivity index (χ0v) is 8.17. The van der Waals surface area contributed by atoms with Crippen molar-refractivity contribution in [1.82, 2.24) is 0 Å². The minimum Gasteiger partial charge on any atom is -0.422 e. The van der Waals surface area contributed by atoms with Crippen LogP contribution in [0.2, 0.25) is 5.04 Å². The van der Waals surface area contributed by atoms with E-state index in [-0.39, 0.29) is 0 Å². The third-order valence-electron chi connectivity index (χ3n) is 1.15. The highest BCUT2D eigenvalue weighted by Crippen LogP contribution is 2.30. The van der Waals surface area contributed by atoms with Crippen LogP contribution in [0, 0.1) is 0 Å². The highest BCUT2D eigenvalue weighted by Gasteiger charge is 2.35. The van der Waals surface area contributed by atoms with Crippen molar-refractivity contribution in [2.24, 2.45) is 0 Å². The largest absolute Gasteiger partial charge is 0.422 e. The lowest BCUT2D eigenvalue weighted by Crippen LogP contribution is -2.45. The lowest BCUT2D eigenvalue weighted by Gasteiger charge is -2.35. The molecular weight excluding hydrogens is 136 g/mol. The normalized spacial score (nSPS) is 32.6. The molecule has 4 heteroatoms. The summed E-state index contributed by atoms with van der Waals surface area (Å²) in [6.45, 7) is 6.53. The van der Waals surface area contributed by atoms with Gasteiger partial charge in [0.1, 0.15) is 0 Å². The van der Waals surface area contributed by atoms with Gasteiger partial charge in [-0.1, -0.05) is 20.8 Å². The van der Waals surface area contributed by atoms with Crippen LogP contribution in [0.25, 0.3) is 0 Å². The van der Waals surface area contributed by atoms with Crippen LogP contribution >= 0.6 is 0 Å². The van der Waals surface area contributed by atoms with Crippen molar-refractivity contribution in [2.75, 3.05) is 0 Å². The standard InChI is InChI=1S/C4H12O2Si2/c1-4(2,3)8-5-7-6-8/h8H,7H2,1-3H3. The van der Waals surface area contributed by atoms with Crippen molar-refractivity contribution >= 4 is 19.3 Å². The molecule has 0 aromatic rings. The Kier molecular flexibility index (Phi) is 1.57. The van der Waals surface area contributed by atoms with Crippen molar-refractivity contribution in [3.05, 3.63) is 0 Å². The average Bonchev–Trinajstić information content (AvgIpc) is 1.16. The van der Waals surface area contributed by atoms with Crippen LogP contribution in [-0.2, 0) is 8.23 Å². The van der Waals surface area contributed by atoms with E-state index in [0.29, 0.717) is 5.04 Å². The molecule has 0 saturated carbocycles. The van der Waals surface area contributed by atoms with Gasteiger partial charge in [-0.15, -0.1) is 0 Å². The van der Waals surface area contributed by atoms with E-state index >= 15 is 0 Å². The molecule has 48 valence electrons. The molecule has 0 spiro atoms. The van der Waals surface area contributed by atoms with Gasteiger partial charge < -0.3 is 8.23 Å². The van der Waals surface area contributed by atoms with E-state index in [1.54, 1.807) is 0 Å². The summed E-state index contributed by atoms with van der Waals surface area (Å²) in [5.74, 6) is 0. The zero-order valence-electron chi connectivity index (χ0n) is 5.60. The van der Waals surface area contributed by atoms with Gasteiger partial charge in [0.2, 0.25) is 0 Å². The first-order valence-corrected chi connectivity index (χ1v) is 5.51. The molecule has 0 unspecified atom stereocenters. The molecule has 0 bridgehead atoms. The number of hydrogen-bond acceptors (Lipinski definition) is 2. The smallest absolute Gasteiger partial charge is 0.308 e. The molecule has 1 rings (SSSR count). The first-order chi connectivity index (χ1) is 3.61. The van der Waals surface area contributed by atoms with Gasteiger partial charge >= 0.3 is 9.28 Å². The van der Waals surface area contributed by atoms with Crippen LogP contribution < -0.4 is 0 Å². The van der Waals surface area contributed by atoms with E-state index < -0.39 is 19.3 Å². The van der Waals surface area contributed by atoms with Gasteiger partial charge in [-0.2, -0.15) is 0 Å². The molecule has 1 saturated heterocycles. The fraction of sp³-hybridized carbons (Fsp3) is 1.00. The first kappa shape index (κ1) is 6.47. The Hall–Kier alpha value is 0.354. The predicted molar refractivity (Wildman–Crippen MR) is 37.6 cm³/mol. The molecule has 1 fully saturated rings. The Morgan fingerprint density at radius 1 is 1.25 bits per heavy atom. The maximum absolute atomic E-state index is 5.35. The van der Waals surface area contributed by atoms with Gasteiger partial charge in [-0.3, -0.25) is 0 Å². The van der Waals surface area contributed by atoms with Gasteiger partial charge in [-0.05, 0) is 0 Å². The topological polar surface area (TPSA) is 18.5 Å². The summed E-state index contributed by atoms with van der Waals surface area (Å²) < 4.78 is 10.7. The van der Waals surface area contributed by atoms with E-state index in [0.717, 1.165) is 0 Å². The Morgan fingerprint density at radius 2 is 1.75 bits per heavy atom. The maximum atomic E-state index is 5.35. The average molecular weight is 148 g/mol. The summed E-state index contributed by atoms with van der Waals surface area (Å²) in [5.41, 5.74) is 0. The van der Waals surface area contributed by atoms with E-state index in [1.165, 1.54) is 0 Å². The second-order valence-corrected chi connectivity index (χ2v) is 8.45. The monoisotopic (exact) mass is 148 g/mol. The Labute approximate surface area is 54.1 Å². The zero-order chi connectivity index (χ0) is 6.20. The summed E-state index contributed by atoms with van der Waals surface area (Å²) in [7, 11) is -1.59. The molecule has 0 radical (unpaired) electrons. The Morgan fingerprint density at radius 3 is 1.75 bits per heavy atom. The molecule has 1 aliphatic heterocycles. The summed E-state index contributed by atoms with van der Waals surface area (Å²) in [4.78, 5) is 0. The minimum atomic E-state index is -1.13. The summed E-state index contributed by atoms with van der Waals surface area (Å²) in [6, 6.07) is 0. The van der Waals surface area contributed by atoms with Crippen molar-refractivity contribution < 1.29 is 8.23 Å². The molecule has 2 nitrogen and oxygen atoms in total. The van der Waals surface area contributed by atoms with Crippen LogP contribution in [0.5, 0.6) is 0 Å². The molecule has 0 amide bonds. The fourth-order valence-corrected chi connectivity index (χ4v) is 5.72. The third-order valence-corrected chi connectivity index (χ3v) is 6.07. The summed E-state index contributed by atoms with van der Waals surface area (Å²) in [6.07, 6.45) is 0. The SMILES string of the molecule is CC(C)(C)[SiH]1O[SiH2]O1. The van der Waals surface area contributed by atoms with Gasteiger partial charge in [-0.25, -0.2) is 0 Å². The van der Waals surface area contributed by atoms with Crippen LogP contribution in [-0.4, -0.2) is 19.3 Å². The molecule has 0 aromatic heterocycles. The highest BCUT2D eigenvalue weighted by molar-refractivity contribution is 6.66. The second-order valence-electron chi connectivity index (χ2n) is 3.15. The summed E-state index contributed by atoms with van der Waals surface area (Å²) >= 11 is 0. The quantitative estimate of drug-likeness (QED) is 0.452. The molecule has 8 heavy (non-hydrogen) atoms. The van der Waals surface area contributed by atoms with Crippen LogP contribution in [0.15, 0.2) is 0 Å².